The lowest BCUT2D eigenvalue weighted by atomic mass is 9.78. The first-order valence-corrected chi connectivity index (χ1v) is 16.1. The number of nitrogens with zero attached hydrogens (tertiary/aromatic N) is 4. The minimum absolute atomic E-state index is 0.0244. The molecule has 1 amide bonds. The average Bonchev–Trinajstić information content (AvgIpc) is 3.65. The van der Waals surface area contributed by atoms with E-state index < -0.39 is 5.91 Å². The van der Waals surface area contributed by atoms with Crippen molar-refractivity contribution in [3.05, 3.63) is 142 Å². The van der Waals surface area contributed by atoms with Gasteiger partial charge in [0.2, 0.25) is 5.17 Å². The number of benzene rings is 4. The van der Waals surface area contributed by atoms with Crippen molar-refractivity contribution in [3.63, 3.8) is 0 Å². The Morgan fingerprint density at radius 3 is 2.39 bits per heavy atom. The number of fused-ring (bicyclic) bond motifs is 2. The molecule has 0 fully saturated rings. The van der Waals surface area contributed by atoms with E-state index in [0.29, 0.717) is 28.4 Å². The second-order valence-corrected chi connectivity index (χ2v) is 12.9. The zero-order chi connectivity index (χ0) is 31.8. The van der Waals surface area contributed by atoms with Gasteiger partial charge in [0.05, 0.1) is 17.1 Å². The van der Waals surface area contributed by atoms with E-state index in [9.17, 15) is 4.79 Å². The summed E-state index contributed by atoms with van der Waals surface area (Å²) in [5.41, 5.74) is 5.10. The molecule has 7 rings (SSSR count). The molecule has 0 atom stereocenters. The normalized spacial score (nSPS) is 15.7. The highest BCUT2D eigenvalue weighted by molar-refractivity contribution is 8.27. The summed E-state index contributed by atoms with van der Waals surface area (Å²) in [5.74, 6) is 0.309. The molecular weight excluding hydrogens is 614 g/mol. The number of aromatic nitrogens is 1. The van der Waals surface area contributed by atoms with Crippen LogP contribution in [-0.2, 0) is 16.8 Å². The zero-order valence-electron chi connectivity index (χ0n) is 25.3. The Kier molecular flexibility index (Phi) is 7.84. The quantitative estimate of drug-likeness (QED) is 0.172. The molecule has 228 valence electrons. The molecule has 1 N–H and O–H groups in total. The minimum atomic E-state index is -0.474. The van der Waals surface area contributed by atoms with Crippen LogP contribution >= 0.6 is 23.4 Å². The van der Waals surface area contributed by atoms with Gasteiger partial charge in [-0.15, -0.1) is 0 Å². The number of hydrogen-bond acceptors (Lipinski definition) is 5. The van der Waals surface area contributed by atoms with Crippen LogP contribution < -0.4 is 4.74 Å². The van der Waals surface area contributed by atoms with Crippen molar-refractivity contribution in [1.82, 2.24) is 9.58 Å². The highest BCUT2D eigenvalue weighted by Crippen LogP contribution is 2.35. The number of para-hydroxylation sites is 1. The van der Waals surface area contributed by atoms with Gasteiger partial charge in [-0.3, -0.25) is 10.2 Å². The molecular formula is C37H30ClN5O2S. The summed E-state index contributed by atoms with van der Waals surface area (Å²) in [4.78, 5) is 17.4. The maximum atomic E-state index is 13.2. The Labute approximate surface area is 276 Å². The Balaban J connectivity index is 1.09. The number of aliphatic imine (C=N–C) groups is 1. The molecule has 2 aliphatic heterocycles. The standard InChI is InChI=1S/C37H30ClN5O2S/c1-37(2,25-10-4-3-5-11-25)26-16-18-27(19-17-26)45-21-20-42-23-24(28-12-7-9-15-32(28)42)22-30-33(39)43-36(40-34(30)44)46-35(41-43)29-13-6-8-14-31(29)38/h3-19,22-23,39H,20-21H2,1-2H3. The number of hydrogen-bond donors (Lipinski definition) is 1. The topological polar surface area (TPSA) is 83.0 Å². The smallest absolute Gasteiger partial charge is 0.283 e. The highest BCUT2D eigenvalue weighted by Gasteiger charge is 2.36. The maximum Gasteiger partial charge on any atom is 0.283 e. The Morgan fingerprint density at radius 1 is 0.913 bits per heavy atom. The zero-order valence-corrected chi connectivity index (χ0v) is 26.8. The monoisotopic (exact) mass is 643 g/mol. The van der Waals surface area contributed by atoms with E-state index >= 15 is 0 Å². The molecule has 0 saturated heterocycles. The summed E-state index contributed by atoms with van der Waals surface area (Å²) in [6, 6.07) is 34.2. The third-order valence-electron chi connectivity index (χ3n) is 8.35. The molecule has 0 unspecified atom stereocenters. The molecule has 3 heterocycles. The van der Waals surface area contributed by atoms with Crippen LogP contribution in [0.4, 0.5) is 0 Å². The van der Waals surface area contributed by atoms with E-state index in [1.54, 1.807) is 12.1 Å². The molecule has 0 bridgehead atoms. The van der Waals surface area contributed by atoms with Gasteiger partial charge in [-0.1, -0.05) is 104 Å². The molecule has 2 aliphatic rings. The van der Waals surface area contributed by atoms with E-state index in [-0.39, 0.29) is 16.8 Å². The summed E-state index contributed by atoms with van der Waals surface area (Å²) in [6.07, 6.45) is 3.72. The number of amides is 1. The first-order chi connectivity index (χ1) is 22.3. The van der Waals surface area contributed by atoms with Gasteiger partial charge in [-0.25, -0.2) is 0 Å². The fourth-order valence-electron chi connectivity index (χ4n) is 5.72. The highest BCUT2D eigenvalue weighted by atomic mass is 35.5. The number of carbonyl (C=O) groups is 1. The first kappa shape index (κ1) is 29.8. The van der Waals surface area contributed by atoms with Crippen molar-refractivity contribution < 1.29 is 9.53 Å². The molecule has 4 aromatic carbocycles. The molecule has 46 heavy (non-hydrogen) atoms. The van der Waals surface area contributed by atoms with E-state index in [4.69, 9.17) is 21.7 Å². The second kappa shape index (κ2) is 12.1. The van der Waals surface area contributed by atoms with Crippen molar-refractivity contribution in [1.29, 1.82) is 5.41 Å². The largest absolute Gasteiger partial charge is 0.492 e. The van der Waals surface area contributed by atoms with Crippen molar-refractivity contribution in [2.75, 3.05) is 6.61 Å². The van der Waals surface area contributed by atoms with Gasteiger partial charge in [0, 0.05) is 33.6 Å². The lowest BCUT2D eigenvalue weighted by Crippen LogP contribution is -2.35. The van der Waals surface area contributed by atoms with Crippen LogP contribution in [-0.4, -0.2) is 38.1 Å². The molecule has 0 radical (unpaired) electrons. The fourth-order valence-corrected chi connectivity index (χ4v) is 6.93. The van der Waals surface area contributed by atoms with Gasteiger partial charge in [0.25, 0.3) is 5.91 Å². The Bertz CT molecular complexity index is 2080. The lowest BCUT2D eigenvalue weighted by molar-refractivity contribution is -0.114. The molecule has 0 saturated carbocycles. The molecule has 7 nitrogen and oxygen atoms in total. The van der Waals surface area contributed by atoms with Gasteiger partial charge in [0.15, 0.2) is 5.84 Å². The molecule has 1 aromatic heterocycles. The molecule has 0 spiro atoms. The number of ether oxygens (including phenoxy) is 1. The third kappa shape index (κ3) is 5.55. The van der Waals surface area contributed by atoms with Crippen molar-refractivity contribution in [3.8, 4) is 5.75 Å². The number of carbonyl (C=O) groups excluding carboxylic acids is 1. The van der Waals surface area contributed by atoms with Crippen LogP contribution in [0.1, 0.15) is 36.1 Å². The maximum absolute atomic E-state index is 13.2. The molecule has 0 aliphatic carbocycles. The third-order valence-corrected chi connectivity index (χ3v) is 9.62. The predicted molar refractivity (Wildman–Crippen MR) is 188 cm³/mol. The average molecular weight is 644 g/mol. The first-order valence-electron chi connectivity index (χ1n) is 14.9. The minimum Gasteiger partial charge on any atom is -0.492 e. The number of thioether (sulfide) groups is 1. The van der Waals surface area contributed by atoms with Crippen LogP contribution in [0.3, 0.4) is 0 Å². The second-order valence-electron chi connectivity index (χ2n) is 11.6. The van der Waals surface area contributed by atoms with Gasteiger partial charge in [0.1, 0.15) is 17.4 Å². The Hall–Kier alpha value is -4.92. The molecule has 5 aromatic rings. The van der Waals surface area contributed by atoms with Gasteiger partial charge < -0.3 is 9.30 Å². The number of rotatable bonds is 8. The lowest BCUT2D eigenvalue weighted by Gasteiger charge is -2.26. The van der Waals surface area contributed by atoms with Crippen molar-refractivity contribution in [2.24, 2.45) is 10.1 Å². The van der Waals surface area contributed by atoms with Crippen molar-refractivity contribution in [2.45, 2.75) is 25.8 Å². The summed E-state index contributed by atoms with van der Waals surface area (Å²) in [6.45, 7) is 5.52. The van der Waals surface area contributed by atoms with Crippen LogP contribution in [0.15, 0.2) is 125 Å². The van der Waals surface area contributed by atoms with Gasteiger partial charge >= 0.3 is 0 Å². The fraction of sp³-hybridized carbons (Fsp3) is 0.135. The van der Waals surface area contributed by atoms with Crippen LogP contribution in [0.25, 0.3) is 17.0 Å². The van der Waals surface area contributed by atoms with Crippen molar-refractivity contribution >= 4 is 62.3 Å². The van der Waals surface area contributed by atoms with Crippen LogP contribution in [0.5, 0.6) is 5.75 Å². The summed E-state index contributed by atoms with van der Waals surface area (Å²) >= 11 is 7.61. The number of nitrogens with one attached hydrogen (secondary N) is 1. The molecule has 9 heteroatoms. The number of hydrazone groups is 1. The van der Waals surface area contributed by atoms with Crippen LogP contribution in [0.2, 0.25) is 5.02 Å². The number of halogens is 1. The van der Waals surface area contributed by atoms with E-state index in [1.807, 2.05) is 66.9 Å². The van der Waals surface area contributed by atoms with E-state index in [2.05, 4.69) is 64.9 Å². The van der Waals surface area contributed by atoms with Gasteiger partial charge in [-0.2, -0.15) is 15.1 Å². The van der Waals surface area contributed by atoms with E-state index in [1.165, 1.54) is 27.9 Å². The summed E-state index contributed by atoms with van der Waals surface area (Å²) in [5, 5.41) is 17.3. The SMILES string of the molecule is CC(C)(c1ccccc1)c1ccc(OCCn2cc(C=C3C(=N)N4N=C(c5ccccc5Cl)SC4=NC3=O)c3ccccc32)cc1. The van der Waals surface area contributed by atoms with Gasteiger partial charge in [-0.05, 0) is 53.2 Å². The van der Waals surface area contributed by atoms with Crippen LogP contribution in [0, 0.1) is 5.41 Å². The van der Waals surface area contributed by atoms with E-state index in [0.717, 1.165) is 27.8 Å². The summed E-state index contributed by atoms with van der Waals surface area (Å²) in [7, 11) is 0. The number of amidine groups is 2. The summed E-state index contributed by atoms with van der Waals surface area (Å²) < 4.78 is 8.26. The Morgan fingerprint density at radius 2 is 1.61 bits per heavy atom. The predicted octanol–water partition coefficient (Wildman–Crippen LogP) is 8.37.